The number of hydrogen-bond donors (Lipinski definition) is 1. The van der Waals surface area contributed by atoms with Crippen LogP contribution in [-0.4, -0.2) is 10.1 Å². The van der Waals surface area contributed by atoms with Crippen LogP contribution in [0.25, 0.3) is 10.9 Å². The predicted molar refractivity (Wildman–Crippen MR) is 68.8 cm³/mol. The van der Waals surface area contributed by atoms with Gasteiger partial charge in [-0.2, -0.15) is 0 Å². The smallest absolute Gasteiger partial charge is 0.155 e. The quantitative estimate of drug-likeness (QED) is 0.484. The molecular weight excluding hydrogens is 455 g/mol. The third-order valence-electron chi connectivity index (χ3n) is 1.77. The Kier molecular flexibility index (Phi) is 4.42. The first-order valence-corrected chi connectivity index (χ1v) is 5.77. The fraction of sp³-hybridized carbons (Fsp3) is 0. The summed E-state index contributed by atoms with van der Waals surface area (Å²) in [5, 5.41) is 10.7. The predicted octanol–water partition coefficient (Wildman–Crippen LogP) is 3.15. The zero-order valence-electron chi connectivity index (χ0n) is 6.76. The molecule has 1 N–H and O–H groups in total. The number of phenols is 1. The molecule has 0 atom stereocenters. The zero-order chi connectivity index (χ0) is 9.42. The molecule has 5 heteroatoms. The van der Waals surface area contributed by atoms with Crippen molar-refractivity contribution in [1.82, 2.24) is 4.98 Å². The van der Waals surface area contributed by atoms with Gasteiger partial charge in [0.05, 0.1) is 3.57 Å². The van der Waals surface area contributed by atoms with Crippen molar-refractivity contribution in [3.63, 3.8) is 0 Å². The van der Waals surface area contributed by atoms with Gasteiger partial charge in [0.15, 0.2) is 5.75 Å². The van der Waals surface area contributed by atoms with E-state index < -0.39 is 0 Å². The van der Waals surface area contributed by atoms with Gasteiger partial charge < -0.3 is 5.11 Å². The Hall–Kier alpha value is 0.409. The van der Waals surface area contributed by atoms with Gasteiger partial charge in [-0.25, -0.2) is 0 Å². The Balaban J connectivity index is 0.000000980. The first-order valence-electron chi connectivity index (χ1n) is 3.62. The van der Waals surface area contributed by atoms with Crippen LogP contribution in [0.5, 0.6) is 5.75 Å². The Labute approximate surface area is 119 Å². The fourth-order valence-corrected chi connectivity index (χ4v) is 3.07. The number of phenolic OH excluding ortho intramolecular Hbond substituents is 1. The molecule has 0 aliphatic rings. The Morgan fingerprint density at radius 2 is 1.93 bits per heavy atom. The second-order valence-corrected chi connectivity index (χ2v) is 4.91. The number of nitrogens with zero attached hydrogens (tertiary/aromatic N) is 1. The van der Waals surface area contributed by atoms with E-state index in [1.54, 1.807) is 6.20 Å². The molecule has 1 heterocycles. The molecule has 1 aromatic heterocycles. The molecule has 14 heavy (non-hydrogen) atoms. The number of pyridine rings is 1. The SMILES string of the molecule is Oc1c(I)cc(I)c2cccnc12.[Cu]. The standard InChI is InChI=1S/C9H5I2NO.Cu/c10-6-4-7(11)9(13)8-5(6)2-1-3-12-8;/h1-4,13H;. The van der Waals surface area contributed by atoms with Crippen LogP contribution in [0.1, 0.15) is 0 Å². The number of aromatic nitrogens is 1. The van der Waals surface area contributed by atoms with Crippen LogP contribution < -0.4 is 0 Å². The molecule has 0 aliphatic heterocycles. The molecule has 0 aliphatic carbocycles. The van der Waals surface area contributed by atoms with Gasteiger partial charge in [0.25, 0.3) is 0 Å². The second kappa shape index (κ2) is 4.96. The number of rotatable bonds is 0. The third-order valence-corrected chi connectivity index (χ3v) is 3.48. The van der Waals surface area contributed by atoms with Crippen molar-refractivity contribution in [3.8, 4) is 5.75 Å². The molecule has 0 saturated heterocycles. The van der Waals surface area contributed by atoms with Crippen molar-refractivity contribution in [2.45, 2.75) is 0 Å². The van der Waals surface area contributed by atoms with E-state index in [1.807, 2.05) is 18.2 Å². The van der Waals surface area contributed by atoms with Gasteiger partial charge in [-0.1, -0.05) is 6.07 Å². The van der Waals surface area contributed by atoms with Crippen molar-refractivity contribution in [2.75, 3.05) is 0 Å². The molecule has 0 bridgehead atoms. The minimum atomic E-state index is 0. The van der Waals surface area contributed by atoms with Crippen molar-refractivity contribution in [3.05, 3.63) is 31.5 Å². The third kappa shape index (κ3) is 2.15. The summed E-state index contributed by atoms with van der Waals surface area (Å²) in [6.07, 6.45) is 1.69. The molecule has 0 fully saturated rings. The van der Waals surface area contributed by atoms with Crippen molar-refractivity contribution >= 4 is 56.1 Å². The Morgan fingerprint density at radius 1 is 1.21 bits per heavy atom. The van der Waals surface area contributed by atoms with E-state index >= 15 is 0 Å². The summed E-state index contributed by atoms with van der Waals surface area (Å²) in [5.74, 6) is 0.275. The van der Waals surface area contributed by atoms with Gasteiger partial charge in [-0.3, -0.25) is 4.98 Å². The van der Waals surface area contributed by atoms with E-state index in [4.69, 9.17) is 0 Å². The molecule has 2 rings (SSSR count). The maximum absolute atomic E-state index is 9.71. The van der Waals surface area contributed by atoms with E-state index in [9.17, 15) is 5.11 Å². The van der Waals surface area contributed by atoms with Gasteiger partial charge in [-0.05, 0) is 57.3 Å². The number of aromatic hydroxyl groups is 1. The molecule has 1 aromatic carbocycles. The maximum Gasteiger partial charge on any atom is 0.155 e. The number of halogens is 2. The van der Waals surface area contributed by atoms with Crippen molar-refractivity contribution in [2.24, 2.45) is 0 Å². The zero-order valence-corrected chi connectivity index (χ0v) is 12.0. The Morgan fingerprint density at radius 3 is 2.64 bits per heavy atom. The minimum absolute atomic E-state index is 0. The van der Waals surface area contributed by atoms with Crippen LogP contribution in [0.15, 0.2) is 24.4 Å². The summed E-state index contributed by atoms with van der Waals surface area (Å²) in [6, 6.07) is 5.77. The van der Waals surface area contributed by atoms with Gasteiger partial charge in [0.2, 0.25) is 0 Å². The topological polar surface area (TPSA) is 33.1 Å². The molecule has 0 spiro atoms. The summed E-state index contributed by atoms with van der Waals surface area (Å²) in [4.78, 5) is 4.14. The second-order valence-electron chi connectivity index (χ2n) is 2.59. The Bertz CT molecular complexity index is 476. The van der Waals surface area contributed by atoms with E-state index in [2.05, 4.69) is 50.2 Å². The van der Waals surface area contributed by atoms with Crippen LogP contribution >= 0.6 is 45.2 Å². The van der Waals surface area contributed by atoms with E-state index in [0.717, 1.165) is 12.5 Å². The largest absolute Gasteiger partial charge is 0.505 e. The van der Waals surface area contributed by atoms with Crippen LogP contribution in [0.3, 0.4) is 0 Å². The summed E-state index contributed by atoms with van der Waals surface area (Å²) in [7, 11) is 0. The molecule has 77 valence electrons. The molecule has 1 radical (unpaired) electrons. The van der Waals surface area contributed by atoms with Crippen molar-refractivity contribution in [1.29, 1.82) is 0 Å². The van der Waals surface area contributed by atoms with Gasteiger partial charge in [0, 0.05) is 32.2 Å². The van der Waals surface area contributed by atoms with Gasteiger partial charge >= 0.3 is 0 Å². The summed E-state index contributed by atoms with van der Waals surface area (Å²) in [5.41, 5.74) is 0.679. The molecule has 2 nitrogen and oxygen atoms in total. The van der Waals surface area contributed by atoms with Crippen LogP contribution in [-0.2, 0) is 17.1 Å². The van der Waals surface area contributed by atoms with E-state index in [-0.39, 0.29) is 22.8 Å². The average molecular weight is 460 g/mol. The first kappa shape index (κ1) is 12.5. The number of benzene rings is 1. The van der Waals surface area contributed by atoms with Gasteiger partial charge in [0.1, 0.15) is 5.52 Å². The maximum atomic E-state index is 9.71. The normalized spacial score (nSPS) is 9.86. The molecule has 2 aromatic rings. The summed E-state index contributed by atoms with van der Waals surface area (Å²) in [6.45, 7) is 0. The van der Waals surface area contributed by atoms with E-state index in [1.165, 1.54) is 0 Å². The van der Waals surface area contributed by atoms with Crippen LogP contribution in [0, 0.1) is 7.14 Å². The molecular formula is C9H5CuI2NO. The molecule has 0 amide bonds. The summed E-state index contributed by atoms with van der Waals surface area (Å²) >= 11 is 4.35. The molecule has 0 unspecified atom stereocenters. The fourth-order valence-electron chi connectivity index (χ4n) is 1.16. The van der Waals surface area contributed by atoms with Crippen LogP contribution in [0.2, 0.25) is 0 Å². The monoisotopic (exact) mass is 460 g/mol. The number of fused-ring (bicyclic) bond motifs is 1. The van der Waals surface area contributed by atoms with Gasteiger partial charge in [-0.15, -0.1) is 0 Å². The number of hydrogen-bond acceptors (Lipinski definition) is 2. The molecule has 0 saturated carbocycles. The van der Waals surface area contributed by atoms with Crippen LogP contribution in [0.4, 0.5) is 0 Å². The van der Waals surface area contributed by atoms with Crippen molar-refractivity contribution < 1.29 is 22.2 Å². The summed E-state index contributed by atoms with van der Waals surface area (Å²) < 4.78 is 1.95. The average Bonchev–Trinajstić information content (AvgIpc) is 2.15. The van der Waals surface area contributed by atoms with E-state index in [0.29, 0.717) is 5.52 Å². The first-order chi connectivity index (χ1) is 6.20. The minimum Gasteiger partial charge on any atom is -0.505 e.